The lowest BCUT2D eigenvalue weighted by atomic mass is 10.0. The number of amides is 2. The summed E-state index contributed by atoms with van der Waals surface area (Å²) in [7, 11) is 0. The van der Waals surface area contributed by atoms with Gasteiger partial charge in [0, 0.05) is 30.0 Å². The highest BCUT2D eigenvalue weighted by molar-refractivity contribution is 6.09. The smallest absolute Gasteiger partial charge is 0.273 e. The first kappa shape index (κ1) is 41.7. The molecule has 2 rings (SSSR count). The van der Waals surface area contributed by atoms with E-state index in [4.69, 9.17) is 0 Å². The van der Waals surface area contributed by atoms with E-state index in [0.717, 1.165) is 48.9 Å². The zero-order valence-electron chi connectivity index (χ0n) is 31.4. The van der Waals surface area contributed by atoms with Gasteiger partial charge < -0.3 is 0 Å². The molecule has 0 aromatic carbocycles. The van der Waals surface area contributed by atoms with Gasteiger partial charge in [-0.3, -0.25) is 14.4 Å². The predicted octanol–water partition coefficient (Wildman–Crippen LogP) is 11.9. The average Bonchev–Trinajstić information content (AvgIpc) is 3.09. The molecule has 6 nitrogen and oxygen atoms in total. The zero-order chi connectivity index (χ0) is 34.7. The lowest BCUT2D eigenvalue weighted by molar-refractivity contribution is -0.129. The molecule has 6 heteroatoms. The molecule has 0 fully saturated rings. The topological polar surface area (TPSA) is 72.3 Å². The minimum Gasteiger partial charge on any atom is -0.273 e. The van der Waals surface area contributed by atoms with Crippen LogP contribution in [0.25, 0.3) is 11.0 Å². The van der Waals surface area contributed by atoms with Crippen LogP contribution in [0.5, 0.6) is 0 Å². The van der Waals surface area contributed by atoms with Crippen molar-refractivity contribution in [2.45, 2.75) is 207 Å². The van der Waals surface area contributed by atoms with Gasteiger partial charge >= 0.3 is 0 Å². The Morgan fingerprint density at radius 3 is 1.33 bits per heavy atom. The van der Waals surface area contributed by atoms with E-state index in [0.29, 0.717) is 17.6 Å². The van der Waals surface area contributed by atoms with E-state index in [-0.39, 0.29) is 30.2 Å². The fourth-order valence-corrected chi connectivity index (χ4v) is 6.78. The Balaban J connectivity index is 1.85. The zero-order valence-corrected chi connectivity index (χ0v) is 31.4. The molecular formula is C42H71N3O3. The second-order valence-corrected chi connectivity index (χ2v) is 14.1. The molecule has 0 saturated heterocycles. The molecule has 0 aliphatic carbocycles. The molecule has 272 valence electrons. The minimum absolute atomic E-state index is 0.263. The van der Waals surface area contributed by atoms with Crippen molar-refractivity contribution in [3.63, 3.8) is 0 Å². The Morgan fingerprint density at radius 2 is 0.958 bits per heavy atom. The van der Waals surface area contributed by atoms with Crippen LogP contribution in [0.1, 0.15) is 206 Å². The van der Waals surface area contributed by atoms with E-state index >= 15 is 0 Å². The van der Waals surface area contributed by atoms with Crippen LogP contribution in [0.3, 0.4) is 0 Å². The van der Waals surface area contributed by atoms with Gasteiger partial charge in [0.25, 0.3) is 5.56 Å². The van der Waals surface area contributed by atoms with Crippen LogP contribution in [-0.2, 0) is 16.0 Å². The van der Waals surface area contributed by atoms with Gasteiger partial charge in [-0.1, -0.05) is 175 Å². The summed E-state index contributed by atoms with van der Waals surface area (Å²) in [6.07, 6.45) is 34.7. The van der Waals surface area contributed by atoms with Crippen molar-refractivity contribution in [2.75, 3.05) is 5.01 Å². The quantitative estimate of drug-likeness (QED) is 0.0778. The van der Waals surface area contributed by atoms with E-state index in [1.807, 2.05) is 25.1 Å². The van der Waals surface area contributed by atoms with Gasteiger partial charge in [0.15, 0.2) is 5.65 Å². The lowest BCUT2D eigenvalue weighted by Crippen LogP contribution is -2.51. The third-order valence-electron chi connectivity index (χ3n) is 9.86. The van der Waals surface area contributed by atoms with Crippen molar-refractivity contribution < 1.29 is 9.59 Å². The van der Waals surface area contributed by atoms with Crippen molar-refractivity contribution in [1.82, 2.24) is 9.66 Å². The molecule has 0 atom stereocenters. The van der Waals surface area contributed by atoms with Crippen LogP contribution < -0.4 is 10.6 Å². The average molecular weight is 666 g/mol. The SMILES string of the molecule is CCCCCCCCCCCCCCCC(=O)N(C(=O)CCCCCCCCCCCCCCC)n1c(=O)c(CC)cc2cccnc21. The summed E-state index contributed by atoms with van der Waals surface area (Å²) >= 11 is 0. The highest BCUT2D eigenvalue weighted by Gasteiger charge is 2.27. The predicted molar refractivity (Wildman–Crippen MR) is 204 cm³/mol. The van der Waals surface area contributed by atoms with Crippen LogP contribution >= 0.6 is 0 Å². The van der Waals surface area contributed by atoms with Crippen molar-refractivity contribution in [3.8, 4) is 0 Å². The number of unbranched alkanes of at least 4 members (excludes halogenated alkanes) is 24. The summed E-state index contributed by atoms with van der Waals surface area (Å²) in [5, 5.41) is 1.92. The van der Waals surface area contributed by atoms with Gasteiger partial charge in [-0.15, -0.1) is 0 Å². The molecule has 0 aliphatic heterocycles. The Morgan fingerprint density at radius 1 is 0.583 bits per heavy atom. The van der Waals surface area contributed by atoms with E-state index in [2.05, 4.69) is 18.8 Å². The minimum atomic E-state index is -0.318. The maximum Gasteiger partial charge on any atom is 0.274 e. The molecule has 0 bridgehead atoms. The Bertz CT molecular complexity index is 1150. The van der Waals surface area contributed by atoms with Gasteiger partial charge in [0.2, 0.25) is 11.8 Å². The van der Waals surface area contributed by atoms with E-state index in [1.54, 1.807) is 6.20 Å². The van der Waals surface area contributed by atoms with Gasteiger partial charge in [-0.05, 0) is 37.5 Å². The monoisotopic (exact) mass is 666 g/mol. The van der Waals surface area contributed by atoms with Crippen molar-refractivity contribution in [3.05, 3.63) is 40.3 Å². The van der Waals surface area contributed by atoms with Gasteiger partial charge in [-0.2, -0.15) is 9.69 Å². The second kappa shape index (κ2) is 27.3. The number of carbonyl (C=O) groups excluding carboxylic acids is 2. The van der Waals surface area contributed by atoms with E-state index in [1.165, 1.54) is 133 Å². The highest BCUT2D eigenvalue weighted by Crippen LogP contribution is 2.18. The lowest BCUT2D eigenvalue weighted by Gasteiger charge is -2.24. The summed E-state index contributed by atoms with van der Waals surface area (Å²) in [5.74, 6) is -0.583. The number of rotatable bonds is 30. The second-order valence-electron chi connectivity index (χ2n) is 14.1. The largest absolute Gasteiger partial charge is 0.274 e. The van der Waals surface area contributed by atoms with Crippen LogP contribution in [0.4, 0.5) is 0 Å². The van der Waals surface area contributed by atoms with Gasteiger partial charge in [-0.25, -0.2) is 4.98 Å². The molecule has 0 saturated carbocycles. The molecule has 0 N–H and O–H groups in total. The summed E-state index contributed by atoms with van der Waals surface area (Å²) in [5.41, 5.74) is 0.640. The number of fused-ring (bicyclic) bond motifs is 1. The molecule has 0 radical (unpaired) electrons. The van der Waals surface area contributed by atoms with E-state index in [9.17, 15) is 14.4 Å². The standard InChI is InChI=1S/C42H71N3O3/c1-4-7-9-11-13-15-17-19-21-23-25-27-29-33-39(46)44(45-41-38(32-31-35-43-41)36-37(6-3)42(45)48)40(47)34-30-28-26-24-22-20-18-16-14-12-10-8-5-2/h31-32,35-36H,4-30,33-34H2,1-3H3. The molecular weight excluding hydrogens is 594 g/mol. The first-order valence-corrected chi connectivity index (χ1v) is 20.4. The molecule has 2 heterocycles. The molecule has 0 aliphatic rings. The molecule has 0 spiro atoms. The molecule has 48 heavy (non-hydrogen) atoms. The molecule has 0 unspecified atom stereocenters. The van der Waals surface area contributed by atoms with Crippen LogP contribution in [0, 0.1) is 0 Å². The summed E-state index contributed by atoms with van der Waals surface area (Å²) in [6, 6.07) is 5.56. The first-order valence-electron chi connectivity index (χ1n) is 20.4. The van der Waals surface area contributed by atoms with Gasteiger partial charge in [0.1, 0.15) is 0 Å². The fraction of sp³-hybridized carbons (Fsp3) is 0.762. The number of pyridine rings is 2. The number of carbonyl (C=O) groups is 2. The maximum atomic E-state index is 13.7. The summed E-state index contributed by atoms with van der Waals surface area (Å²) in [6.45, 7) is 6.45. The number of aromatic nitrogens is 2. The van der Waals surface area contributed by atoms with E-state index < -0.39 is 0 Å². The summed E-state index contributed by atoms with van der Waals surface area (Å²) < 4.78 is 1.28. The summed E-state index contributed by atoms with van der Waals surface area (Å²) in [4.78, 5) is 45.5. The Kier molecular flexibility index (Phi) is 23.7. The third kappa shape index (κ3) is 16.7. The van der Waals surface area contributed by atoms with Crippen molar-refractivity contribution in [2.24, 2.45) is 0 Å². The van der Waals surface area contributed by atoms with Crippen LogP contribution in [0.15, 0.2) is 29.2 Å². The number of hydrogen-bond donors (Lipinski definition) is 0. The first-order chi connectivity index (χ1) is 23.5. The highest BCUT2D eigenvalue weighted by atomic mass is 16.2. The number of imide groups is 1. The number of nitrogens with zero attached hydrogens (tertiary/aromatic N) is 3. The number of hydrogen-bond acceptors (Lipinski definition) is 4. The third-order valence-corrected chi connectivity index (χ3v) is 9.86. The van der Waals surface area contributed by atoms with Crippen LogP contribution in [-0.4, -0.2) is 21.5 Å². The Hall–Kier alpha value is -2.50. The maximum absolute atomic E-state index is 13.7. The molecule has 2 amide bonds. The molecule has 2 aromatic heterocycles. The van der Waals surface area contributed by atoms with Gasteiger partial charge in [0.05, 0.1) is 0 Å². The number of aryl methyl sites for hydroxylation is 1. The van der Waals surface area contributed by atoms with Crippen LogP contribution in [0.2, 0.25) is 0 Å². The van der Waals surface area contributed by atoms with Crippen molar-refractivity contribution >= 4 is 22.8 Å². The normalized spacial score (nSPS) is 11.4. The van der Waals surface area contributed by atoms with Crippen molar-refractivity contribution in [1.29, 1.82) is 0 Å². The molecule has 2 aromatic rings. The Labute approximate surface area is 293 Å². The fourth-order valence-electron chi connectivity index (χ4n) is 6.78.